The molecule has 5 heteroatoms. The van der Waals surface area contributed by atoms with Crippen molar-refractivity contribution >= 4 is 23.6 Å². The van der Waals surface area contributed by atoms with E-state index in [0.717, 1.165) is 17.8 Å². The van der Waals surface area contributed by atoms with Crippen LogP contribution in [0.25, 0.3) is 0 Å². The molecule has 0 saturated carbocycles. The maximum atomic E-state index is 10.1. The fourth-order valence-electron chi connectivity index (χ4n) is 0.237. The van der Waals surface area contributed by atoms with Gasteiger partial charge in [-0.3, -0.25) is 4.79 Å². The molecule has 0 aliphatic carbocycles. The lowest BCUT2D eigenvalue weighted by atomic mass is 10.7. The molecule has 3 N–H and O–H groups in total. The summed E-state index contributed by atoms with van der Waals surface area (Å²) < 4.78 is 0. The molecule has 0 spiro atoms. The number of carbonyl (C=O) groups is 2. The van der Waals surface area contributed by atoms with Gasteiger partial charge in [0.2, 0.25) is 5.91 Å². The lowest BCUT2D eigenvalue weighted by Gasteiger charge is -1.85. The molecule has 0 aromatic rings. The summed E-state index contributed by atoms with van der Waals surface area (Å²) in [7, 11) is 0. The van der Waals surface area contributed by atoms with Crippen molar-refractivity contribution < 1.29 is 14.7 Å². The summed E-state index contributed by atoms with van der Waals surface area (Å²) in [5, 5.41) is 9.37. The number of thioether (sulfide) groups is 1. The van der Waals surface area contributed by atoms with Crippen LogP contribution in [0, 0.1) is 0 Å². The number of hydrogen-bond acceptors (Lipinski definition) is 3. The molecule has 4 nitrogen and oxygen atoms in total. The monoisotopic (exact) mass is 161 g/mol. The van der Waals surface area contributed by atoms with Crippen molar-refractivity contribution in [3.8, 4) is 0 Å². The lowest BCUT2D eigenvalue weighted by molar-refractivity contribution is -0.131. The van der Waals surface area contributed by atoms with Crippen LogP contribution < -0.4 is 5.73 Å². The van der Waals surface area contributed by atoms with Crippen molar-refractivity contribution in [2.75, 3.05) is 5.75 Å². The van der Waals surface area contributed by atoms with Gasteiger partial charge in [-0.05, 0) is 5.41 Å². The van der Waals surface area contributed by atoms with E-state index in [4.69, 9.17) is 10.8 Å². The minimum Gasteiger partial charge on any atom is -0.478 e. The van der Waals surface area contributed by atoms with Gasteiger partial charge in [0.15, 0.2) is 0 Å². The van der Waals surface area contributed by atoms with E-state index in [9.17, 15) is 9.59 Å². The fourth-order valence-corrected chi connectivity index (χ4v) is 0.710. The van der Waals surface area contributed by atoms with Crippen molar-refractivity contribution in [2.45, 2.75) is 0 Å². The number of carboxylic acid groups (broad SMARTS) is 1. The van der Waals surface area contributed by atoms with Gasteiger partial charge in [0.1, 0.15) is 0 Å². The van der Waals surface area contributed by atoms with Crippen molar-refractivity contribution in [3.63, 3.8) is 0 Å². The summed E-state index contributed by atoms with van der Waals surface area (Å²) in [6, 6.07) is 0. The Balaban J connectivity index is 3.36. The summed E-state index contributed by atoms with van der Waals surface area (Å²) in [4.78, 5) is 19.9. The number of rotatable bonds is 4. The second-order valence-electron chi connectivity index (χ2n) is 1.42. The number of aliphatic carboxylic acids is 1. The number of primary amides is 1. The molecule has 0 aliphatic rings. The van der Waals surface area contributed by atoms with E-state index in [0.29, 0.717) is 0 Å². The van der Waals surface area contributed by atoms with Crippen LogP contribution in [0.1, 0.15) is 0 Å². The quantitative estimate of drug-likeness (QED) is 0.560. The summed E-state index contributed by atoms with van der Waals surface area (Å²) in [6.07, 6.45) is 0.952. The molecular formula is C5H7NO3S. The highest BCUT2D eigenvalue weighted by molar-refractivity contribution is 8.02. The molecule has 0 unspecified atom stereocenters. The van der Waals surface area contributed by atoms with Gasteiger partial charge in [-0.25, -0.2) is 4.79 Å². The predicted molar refractivity (Wildman–Crippen MR) is 38.4 cm³/mol. The zero-order valence-corrected chi connectivity index (χ0v) is 5.93. The first kappa shape index (κ1) is 9.03. The molecule has 10 heavy (non-hydrogen) atoms. The topological polar surface area (TPSA) is 80.4 Å². The highest BCUT2D eigenvalue weighted by Crippen LogP contribution is 1.99. The predicted octanol–water partition coefficient (Wildman–Crippen LogP) is -0.197. The maximum Gasteiger partial charge on any atom is 0.328 e. The van der Waals surface area contributed by atoms with Crippen LogP contribution in [0.4, 0.5) is 0 Å². The zero-order chi connectivity index (χ0) is 7.98. The number of hydrogen-bond donors (Lipinski definition) is 2. The summed E-state index contributed by atoms with van der Waals surface area (Å²) >= 11 is 1.05. The Hall–Kier alpha value is -0.970. The van der Waals surface area contributed by atoms with Gasteiger partial charge in [0.25, 0.3) is 0 Å². The zero-order valence-electron chi connectivity index (χ0n) is 5.11. The minimum absolute atomic E-state index is 0.115. The highest BCUT2D eigenvalue weighted by atomic mass is 32.2. The van der Waals surface area contributed by atoms with Crippen LogP contribution in [0.15, 0.2) is 11.5 Å². The molecule has 0 aromatic carbocycles. The molecule has 0 aliphatic heterocycles. The molecular weight excluding hydrogens is 154 g/mol. The van der Waals surface area contributed by atoms with E-state index in [1.165, 1.54) is 5.41 Å². The molecule has 56 valence electrons. The molecule has 0 atom stereocenters. The van der Waals surface area contributed by atoms with E-state index in [1.54, 1.807) is 0 Å². The molecule has 0 bridgehead atoms. The highest BCUT2D eigenvalue weighted by Gasteiger charge is 1.90. The first-order valence-electron chi connectivity index (χ1n) is 2.42. The second kappa shape index (κ2) is 4.87. The number of nitrogens with two attached hydrogens (primary N) is 1. The average Bonchev–Trinajstić information content (AvgIpc) is 1.79. The fraction of sp³-hybridized carbons (Fsp3) is 0.200. The van der Waals surface area contributed by atoms with Crippen LogP contribution in [-0.2, 0) is 9.59 Å². The van der Waals surface area contributed by atoms with Crippen LogP contribution in [0.2, 0.25) is 0 Å². The minimum atomic E-state index is -1.03. The normalized spacial score (nSPS) is 10.0. The van der Waals surface area contributed by atoms with Gasteiger partial charge >= 0.3 is 5.97 Å². The van der Waals surface area contributed by atoms with E-state index in [-0.39, 0.29) is 5.75 Å². The molecule has 0 fully saturated rings. The first-order chi connectivity index (χ1) is 4.63. The smallest absolute Gasteiger partial charge is 0.328 e. The Morgan fingerprint density at radius 2 is 2.20 bits per heavy atom. The third-order valence-corrected chi connectivity index (χ3v) is 1.31. The molecule has 0 rings (SSSR count). The molecule has 0 radical (unpaired) electrons. The Morgan fingerprint density at radius 1 is 1.60 bits per heavy atom. The number of amides is 1. The van der Waals surface area contributed by atoms with E-state index >= 15 is 0 Å². The van der Waals surface area contributed by atoms with E-state index < -0.39 is 11.9 Å². The van der Waals surface area contributed by atoms with Gasteiger partial charge in [0.05, 0.1) is 5.75 Å². The Bertz CT molecular complexity index is 166. The largest absolute Gasteiger partial charge is 0.478 e. The van der Waals surface area contributed by atoms with Crippen molar-refractivity contribution in [2.24, 2.45) is 5.73 Å². The third-order valence-electron chi connectivity index (χ3n) is 0.532. The molecule has 0 heterocycles. The number of carboxylic acids is 1. The average molecular weight is 161 g/mol. The third kappa shape index (κ3) is 7.03. The second-order valence-corrected chi connectivity index (χ2v) is 2.31. The van der Waals surface area contributed by atoms with Gasteiger partial charge in [-0.1, -0.05) is 0 Å². The lowest BCUT2D eigenvalue weighted by Crippen LogP contribution is -2.12. The van der Waals surface area contributed by atoms with Gasteiger partial charge in [0, 0.05) is 6.08 Å². The van der Waals surface area contributed by atoms with Gasteiger partial charge in [-0.15, -0.1) is 11.8 Å². The van der Waals surface area contributed by atoms with Crippen molar-refractivity contribution in [1.82, 2.24) is 0 Å². The molecule has 0 saturated heterocycles. The Kier molecular flexibility index (Phi) is 4.39. The van der Waals surface area contributed by atoms with Gasteiger partial charge < -0.3 is 10.8 Å². The van der Waals surface area contributed by atoms with Crippen molar-refractivity contribution in [1.29, 1.82) is 0 Å². The van der Waals surface area contributed by atoms with Crippen LogP contribution in [0.5, 0.6) is 0 Å². The molecule has 0 aromatic heterocycles. The van der Waals surface area contributed by atoms with Crippen molar-refractivity contribution in [3.05, 3.63) is 11.5 Å². The van der Waals surface area contributed by atoms with E-state index in [2.05, 4.69) is 0 Å². The molecule has 1 amide bonds. The summed E-state index contributed by atoms with van der Waals surface area (Å²) in [5.41, 5.74) is 4.77. The maximum absolute atomic E-state index is 10.1. The van der Waals surface area contributed by atoms with Gasteiger partial charge in [-0.2, -0.15) is 0 Å². The van der Waals surface area contributed by atoms with Crippen LogP contribution in [-0.4, -0.2) is 22.7 Å². The van der Waals surface area contributed by atoms with Crippen LogP contribution in [0.3, 0.4) is 0 Å². The number of carbonyl (C=O) groups excluding carboxylic acids is 1. The van der Waals surface area contributed by atoms with Crippen LogP contribution >= 0.6 is 11.8 Å². The summed E-state index contributed by atoms with van der Waals surface area (Å²) in [6.45, 7) is 0. The summed E-state index contributed by atoms with van der Waals surface area (Å²) in [5.74, 6) is -1.37. The SMILES string of the molecule is NC(=O)CSC=CC(=O)O. The Morgan fingerprint density at radius 3 is 2.60 bits per heavy atom. The first-order valence-corrected chi connectivity index (χ1v) is 3.47. The van der Waals surface area contributed by atoms with E-state index in [1.807, 2.05) is 0 Å². The standard InChI is InChI=1S/C5H7NO3S/c6-4(7)3-10-2-1-5(8)9/h1-2H,3H2,(H2,6,7)(H,8,9). The Labute approximate surface area is 62.1 Å².